The van der Waals surface area contributed by atoms with E-state index in [0.717, 1.165) is 21.2 Å². The number of fused-ring (bicyclic) bond motifs is 2. The number of hydrogen-bond donors (Lipinski definition) is 2. The van der Waals surface area contributed by atoms with Crippen LogP contribution in [0.1, 0.15) is 35.6 Å². The van der Waals surface area contributed by atoms with Gasteiger partial charge in [0.05, 0.1) is 31.4 Å². The topological polar surface area (TPSA) is 111 Å². The molecular formula is C34H34BrN3O6. The van der Waals surface area contributed by atoms with Gasteiger partial charge in [0, 0.05) is 34.6 Å². The van der Waals surface area contributed by atoms with E-state index in [1.54, 1.807) is 45.9 Å². The smallest absolute Gasteiger partial charge is 0.414 e. The summed E-state index contributed by atoms with van der Waals surface area (Å²) in [5, 5.41) is 22.0. The number of aliphatic hydroxyl groups is 2. The molecule has 0 bridgehead atoms. The number of benzene rings is 3. The van der Waals surface area contributed by atoms with Crippen LogP contribution >= 0.6 is 15.9 Å². The minimum atomic E-state index is -1.85. The summed E-state index contributed by atoms with van der Waals surface area (Å²) >= 11 is 3.49. The van der Waals surface area contributed by atoms with Crippen LogP contribution < -0.4 is 9.80 Å². The molecule has 1 fully saturated rings. The molecule has 1 saturated heterocycles. The fraction of sp³-hybridized carbons (Fsp3) is 0.324. The first-order valence-corrected chi connectivity index (χ1v) is 15.5. The van der Waals surface area contributed by atoms with Crippen molar-refractivity contribution in [2.24, 2.45) is 5.92 Å². The number of ether oxygens (including phenoxy) is 1. The highest BCUT2D eigenvalue weighted by Crippen LogP contribution is 2.47. The number of hydrogen-bond acceptors (Lipinski definition) is 6. The van der Waals surface area contributed by atoms with Crippen LogP contribution in [-0.4, -0.2) is 58.8 Å². The molecule has 44 heavy (non-hydrogen) atoms. The Labute approximate surface area is 264 Å². The molecule has 3 aromatic carbocycles. The second kappa shape index (κ2) is 12.2. The molecule has 0 aromatic heterocycles. The quantitative estimate of drug-likeness (QED) is 0.340. The fourth-order valence-corrected chi connectivity index (χ4v) is 6.74. The Morgan fingerprint density at radius 1 is 1.11 bits per heavy atom. The van der Waals surface area contributed by atoms with Crippen molar-refractivity contribution in [3.05, 3.63) is 106 Å². The molecule has 3 atom stereocenters. The van der Waals surface area contributed by atoms with Gasteiger partial charge in [-0.3, -0.25) is 14.5 Å². The first kappa shape index (κ1) is 30.1. The summed E-state index contributed by atoms with van der Waals surface area (Å²) in [5.41, 5.74) is 2.91. The molecule has 2 N–H and O–H groups in total. The second-order valence-electron chi connectivity index (χ2n) is 11.5. The van der Waals surface area contributed by atoms with Crippen LogP contribution in [0.3, 0.4) is 0 Å². The van der Waals surface area contributed by atoms with E-state index in [0.29, 0.717) is 43.1 Å². The number of rotatable bonds is 8. The van der Waals surface area contributed by atoms with Gasteiger partial charge in [-0.1, -0.05) is 71.4 Å². The van der Waals surface area contributed by atoms with Crippen LogP contribution in [0.15, 0.2) is 83.4 Å². The van der Waals surface area contributed by atoms with E-state index in [1.165, 1.54) is 0 Å². The lowest BCUT2D eigenvalue weighted by molar-refractivity contribution is -0.139. The molecule has 0 spiro atoms. The number of nitrogens with zero attached hydrogens (tertiary/aromatic N) is 3. The summed E-state index contributed by atoms with van der Waals surface area (Å²) in [6.07, 6.45) is 3.69. The molecule has 10 heteroatoms. The minimum Gasteiger partial charge on any atom is -0.447 e. The molecular weight excluding hydrogens is 626 g/mol. The highest BCUT2D eigenvalue weighted by Gasteiger charge is 2.52. The molecule has 3 aliphatic heterocycles. The normalized spacial score (nSPS) is 21.9. The fourth-order valence-electron chi connectivity index (χ4n) is 6.38. The highest BCUT2D eigenvalue weighted by atomic mass is 79.9. The van der Waals surface area contributed by atoms with Gasteiger partial charge >= 0.3 is 6.09 Å². The van der Waals surface area contributed by atoms with Gasteiger partial charge in [-0.05, 0) is 53.4 Å². The number of anilines is 2. The number of cyclic esters (lactones) is 1. The van der Waals surface area contributed by atoms with Crippen molar-refractivity contribution in [2.45, 2.75) is 44.5 Å². The Hall–Kier alpha value is -3.99. The summed E-state index contributed by atoms with van der Waals surface area (Å²) in [6.45, 7) is 3.05. The molecule has 3 heterocycles. The van der Waals surface area contributed by atoms with Gasteiger partial charge in [-0.2, -0.15) is 0 Å². The molecule has 228 valence electrons. The third-order valence-corrected chi connectivity index (χ3v) is 9.31. The second-order valence-corrected chi connectivity index (χ2v) is 12.4. The van der Waals surface area contributed by atoms with Crippen molar-refractivity contribution in [1.82, 2.24) is 4.90 Å². The molecule has 3 amide bonds. The molecule has 3 aromatic rings. The summed E-state index contributed by atoms with van der Waals surface area (Å²) in [5.74, 6) is -1.24. The summed E-state index contributed by atoms with van der Waals surface area (Å²) in [4.78, 5) is 44.2. The number of carbonyl (C=O) groups excluding carboxylic acids is 3. The Balaban J connectivity index is 1.20. The molecule has 0 radical (unpaired) electrons. The van der Waals surface area contributed by atoms with Gasteiger partial charge in [0.15, 0.2) is 5.60 Å². The molecule has 0 saturated carbocycles. The Morgan fingerprint density at radius 3 is 2.66 bits per heavy atom. The standard InChI is InChI=1S/C34H34BrN3O6/c1-22(6-4-11-31(40)37-20-25-9-3-2-8-24(25)17-28(37)21-39)34(43)29-18-26(35)12-13-30(29)38(32(34)41)19-23-7-5-10-27(16-23)36-14-15-44-33(36)42/h2-10,12-13,16,18,22,28,39,43H,11,14-15,17,19-21H2,1H3/b6-4+/t22-,28-,34+/m0/s1. The SMILES string of the molecule is C[C@@H](/C=C/CC(=O)N1Cc2ccccc2C[C@H]1CO)[C@]1(O)C(=O)N(Cc2cccc(N3CCOC3=O)c2)c2ccc(Br)cc21. The molecule has 3 aliphatic rings. The van der Waals surface area contributed by atoms with Crippen LogP contribution in [0.2, 0.25) is 0 Å². The minimum absolute atomic E-state index is 0.0774. The lowest BCUT2D eigenvalue weighted by Crippen LogP contribution is -2.46. The highest BCUT2D eigenvalue weighted by molar-refractivity contribution is 9.10. The van der Waals surface area contributed by atoms with Gasteiger partial charge in [0.25, 0.3) is 5.91 Å². The Kier molecular flexibility index (Phi) is 8.32. The first-order chi connectivity index (χ1) is 21.2. The molecule has 0 aliphatic carbocycles. The molecule has 9 nitrogen and oxygen atoms in total. The van der Waals surface area contributed by atoms with E-state index in [4.69, 9.17) is 4.74 Å². The van der Waals surface area contributed by atoms with Crippen molar-refractivity contribution < 1.29 is 29.3 Å². The zero-order valence-electron chi connectivity index (χ0n) is 24.4. The zero-order chi connectivity index (χ0) is 31.0. The average Bonchev–Trinajstić information content (AvgIpc) is 3.55. The lowest BCUT2D eigenvalue weighted by Gasteiger charge is -2.36. The van der Waals surface area contributed by atoms with Crippen LogP contribution in [-0.2, 0) is 39.4 Å². The first-order valence-electron chi connectivity index (χ1n) is 14.7. The van der Waals surface area contributed by atoms with Crippen molar-refractivity contribution in [2.75, 3.05) is 29.6 Å². The van der Waals surface area contributed by atoms with Crippen molar-refractivity contribution in [1.29, 1.82) is 0 Å². The third kappa shape index (κ3) is 5.42. The van der Waals surface area contributed by atoms with Crippen LogP contribution in [0, 0.1) is 5.92 Å². The van der Waals surface area contributed by atoms with Gasteiger partial charge in [0.1, 0.15) is 6.61 Å². The van der Waals surface area contributed by atoms with Crippen LogP contribution in [0.5, 0.6) is 0 Å². The van der Waals surface area contributed by atoms with Gasteiger partial charge < -0.3 is 24.7 Å². The van der Waals surface area contributed by atoms with E-state index in [1.807, 2.05) is 54.6 Å². The maximum atomic E-state index is 14.0. The monoisotopic (exact) mass is 659 g/mol. The Bertz CT molecular complexity index is 1640. The van der Waals surface area contributed by atoms with Crippen LogP contribution in [0.25, 0.3) is 0 Å². The molecule has 0 unspecified atom stereocenters. The summed E-state index contributed by atoms with van der Waals surface area (Å²) < 4.78 is 5.80. The molecule has 6 rings (SSSR count). The van der Waals surface area contributed by atoms with Crippen molar-refractivity contribution in [3.8, 4) is 0 Å². The van der Waals surface area contributed by atoms with E-state index < -0.39 is 23.5 Å². The summed E-state index contributed by atoms with van der Waals surface area (Å²) in [7, 11) is 0. The van der Waals surface area contributed by atoms with Gasteiger partial charge in [-0.25, -0.2) is 4.79 Å². The maximum Gasteiger partial charge on any atom is 0.414 e. The number of aliphatic hydroxyl groups excluding tert-OH is 1. The number of carbonyl (C=O) groups is 3. The van der Waals surface area contributed by atoms with Crippen molar-refractivity contribution >= 4 is 45.2 Å². The predicted molar refractivity (Wildman–Crippen MR) is 169 cm³/mol. The third-order valence-electron chi connectivity index (χ3n) is 8.82. The van der Waals surface area contributed by atoms with Gasteiger partial charge in [0.2, 0.25) is 5.91 Å². The lowest BCUT2D eigenvalue weighted by atomic mass is 9.83. The average molecular weight is 661 g/mol. The predicted octanol–water partition coefficient (Wildman–Crippen LogP) is 4.67. The van der Waals surface area contributed by atoms with Crippen LogP contribution in [0.4, 0.5) is 16.2 Å². The van der Waals surface area contributed by atoms with E-state index in [9.17, 15) is 24.6 Å². The maximum absolute atomic E-state index is 14.0. The largest absolute Gasteiger partial charge is 0.447 e. The van der Waals surface area contributed by atoms with E-state index in [2.05, 4.69) is 15.9 Å². The number of halogens is 1. The number of amides is 3. The summed E-state index contributed by atoms with van der Waals surface area (Å²) in [6, 6.07) is 20.4. The van der Waals surface area contributed by atoms with E-state index >= 15 is 0 Å². The van der Waals surface area contributed by atoms with Gasteiger partial charge in [-0.15, -0.1) is 0 Å². The Morgan fingerprint density at radius 2 is 1.91 bits per heavy atom. The van der Waals surface area contributed by atoms with E-state index in [-0.39, 0.29) is 31.5 Å². The zero-order valence-corrected chi connectivity index (χ0v) is 25.9. The van der Waals surface area contributed by atoms with Crippen molar-refractivity contribution in [3.63, 3.8) is 0 Å².